The van der Waals surface area contributed by atoms with Crippen molar-refractivity contribution in [1.29, 1.82) is 0 Å². The summed E-state index contributed by atoms with van der Waals surface area (Å²) >= 11 is 0. The monoisotopic (exact) mass is 198 g/mol. The number of aliphatic hydroxyl groups is 1. The molecule has 1 heteroatoms. The van der Waals surface area contributed by atoms with Crippen LogP contribution in [0.1, 0.15) is 54.4 Å². The van der Waals surface area contributed by atoms with Crippen molar-refractivity contribution >= 4 is 0 Å². The molecule has 0 aromatic carbocycles. The first kappa shape index (κ1) is 13.7. The van der Waals surface area contributed by atoms with Crippen LogP contribution < -0.4 is 0 Å². The minimum absolute atomic E-state index is 0.172. The van der Waals surface area contributed by atoms with Crippen LogP contribution >= 0.6 is 0 Å². The molecule has 0 fully saturated rings. The van der Waals surface area contributed by atoms with E-state index in [0.29, 0.717) is 5.92 Å². The van der Waals surface area contributed by atoms with Crippen molar-refractivity contribution < 1.29 is 5.11 Å². The maximum absolute atomic E-state index is 9.65. The van der Waals surface area contributed by atoms with Crippen LogP contribution in [0.25, 0.3) is 0 Å². The number of hydrogen-bond acceptors (Lipinski definition) is 1. The Morgan fingerprint density at radius 1 is 1.29 bits per heavy atom. The SMILES string of the molecule is C=C(C)C(C)(C)C(C)CCC(C)(C)O. The summed E-state index contributed by atoms with van der Waals surface area (Å²) in [5, 5.41) is 9.65. The summed E-state index contributed by atoms with van der Waals surface area (Å²) in [5.74, 6) is 0.562. The van der Waals surface area contributed by atoms with Crippen LogP contribution in [0.3, 0.4) is 0 Å². The summed E-state index contributed by atoms with van der Waals surface area (Å²) in [6, 6.07) is 0. The quantitative estimate of drug-likeness (QED) is 0.667. The maximum atomic E-state index is 9.65. The molecule has 0 aromatic heterocycles. The molecule has 0 aliphatic carbocycles. The van der Waals surface area contributed by atoms with Crippen molar-refractivity contribution in [2.75, 3.05) is 0 Å². The molecule has 0 bridgehead atoms. The van der Waals surface area contributed by atoms with Crippen LogP contribution in [0.2, 0.25) is 0 Å². The molecule has 0 rings (SSSR count). The Morgan fingerprint density at radius 2 is 1.71 bits per heavy atom. The average molecular weight is 198 g/mol. The lowest BCUT2D eigenvalue weighted by Gasteiger charge is -2.34. The van der Waals surface area contributed by atoms with Crippen LogP contribution in [0, 0.1) is 11.3 Å². The van der Waals surface area contributed by atoms with E-state index in [2.05, 4.69) is 34.3 Å². The van der Waals surface area contributed by atoms with Crippen LogP contribution in [-0.2, 0) is 0 Å². The molecule has 0 heterocycles. The van der Waals surface area contributed by atoms with Gasteiger partial charge < -0.3 is 5.11 Å². The van der Waals surface area contributed by atoms with E-state index in [-0.39, 0.29) is 5.41 Å². The lowest BCUT2D eigenvalue weighted by Crippen LogP contribution is -2.26. The van der Waals surface area contributed by atoms with E-state index in [1.807, 2.05) is 13.8 Å². The molecule has 0 aliphatic rings. The Balaban J connectivity index is 4.22. The summed E-state index contributed by atoms with van der Waals surface area (Å²) in [5.41, 5.74) is 0.853. The fourth-order valence-electron chi connectivity index (χ4n) is 1.35. The molecule has 0 amide bonds. The standard InChI is InChI=1S/C13H26O/c1-10(2)13(6,7)11(3)8-9-12(4,5)14/h11,14H,1,8-9H2,2-7H3. The molecule has 0 radical (unpaired) electrons. The minimum atomic E-state index is -0.542. The van der Waals surface area contributed by atoms with Gasteiger partial charge in [0.25, 0.3) is 0 Å². The zero-order chi connectivity index (χ0) is 11.6. The molecule has 1 unspecified atom stereocenters. The summed E-state index contributed by atoms with van der Waals surface area (Å²) in [7, 11) is 0. The van der Waals surface area contributed by atoms with E-state index >= 15 is 0 Å². The van der Waals surface area contributed by atoms with Crippen LogP contribution in [0.4, 0.5) is 0 Å². The molecule has 1 nitrogen and oxygen atoms in total. The first-order valence-electron chi connectivity index (χ1n) is 5.45. The average Bonchev–Trinajstić information content (AvgIpc) is 1.98. The zero-order valence-corrected chi connectivity index (χ0v) is 10.6. The van der Waals surface area contributed by atoms with E-state index < -0.39 is 5.60 Å². The highest BCUT2D eigenvalue weighted by atomic mass is 16.3. The second kappa shape index (κ2) is 4.48. The highest BCUT2D eigenvalue weighted by Crippen LogP contribution is 2.37. The third-order valence-corrected chi connectivity index (χ3v) is 3.52. The third kappa shape index (κ3) is 4.28. The molecule has 0 saturated carbocycles. The molecule has 0 aromatic rings. The van der Waals surface area contributed by atoms with Gasteiger partial charge in [-0.15, -0.1) is 0 Å². The van der Waals surface area contributed by atoms with E-state index in [1.54, 1.807) is 0 Å². The van der Waals surface area contributed by atoms with E-state index in [9.17, 15) is 5.11 Å². The third-order valence-electron chi connectivity index (χ3n) is 3.52. The zero-order valence-electron chi connectivity index (χ0n) is 10.6. The lowest BCUT2D eigenvalue weighted by molar-refractivity contribution is 0.0582. The summed E-state index contributed by atoms with van der Waals surface area (Å²) < 4.78 is 0. The lowest BCUT2D eigenvalue weighted by atomic mass is 9.72. The molecule has 0 aliphatic heterocycles. The predicted octanol–water partition coefficient (Wildman–Crippen LogP) is 3.78. The fraction of sp³-hybridized carbons (Fsp3) is 0.846. The van der Waals surface area contributed by atoms with Gasteiger partial charge in [-0.05, 0) is 44.9 Å². The number of hydrogen-bond donors (Lipinski definition) is 1. The first-order chi connectivity index (χ1) is 6.07. The summed E-state index contributed by atoms with van der Waals surface area (Å²) in [4.78, 5) is 0. The van der Waals surface area contributed by atoms with Crippen molar-refractivity contribution in [3.8, 4) is 0 Å². The Hall–Kier alpha value is -0.300. The van der Waals surface area contributed by atoms with Gasteiger partial charge in [0.15, 0.2) is 0 Å². The van der Waals surface area contributed by atoms with E-state index in [0.717, 1.165) is 12.8 Å². The van der Waals surface area contributed by atoms with Gasteiger partial charge >= 0.3 is 0 Å². The molecule has 14 heavy (non-hydrogen) atoms. The Kier molecular flexibility index (Phi) is 4.38. The van der Waals surface area contributed by atoms with Gasteiger partial charge in [0, 0.05) is 0 Å². The number of allylic oxidation sites excluding steroid dienone is 1. The van der Waals surface area contributed by atoms with Gasteiger partial charge in [-0.25, -0.2) is 0 Å². The Morgan fingerprint density at radius 3 is 2.00 bits per heavy atom. The van der Waals surface area contributed by atoms with E-state index in [1.165, 1.54) is 5.57 Å². The topological polar surface area (TPSA) is 20.2 Å². The molecular weight excluding hydrogens is 172 g/mol. The van der Waals surface area contributed by atoms with Crippen molar-refractivity contribution in [1.82, 2.24) is 0 Å². The first-order valence-corrected chi connectivity index (χ1v) is 5.45. The van der Waals surface area contributed by atoms with Crippen LogP contribution in [0.5, 0.6) is 0 Å². The Bertz CT molecular complexity index is 196. The molecule has 0 saturated heterocycles. The largest absolute Gasteiger partial charge is 0.390 e. The maximum Gasteiger partial charge on any atom is 0.0591 e. The van der Waals surface area contributed by atoms with Crippen molar-refractivity contribution in [3.63, 3.8) is 0 Å². The molecule has 1 atom stereocenters. The molecule has 84 valence electrons. The van der Waals surface area contributed by atoms with Gasteiger partial charge in [-0.3, -0.25) is 0 Å². The fourth-order valence-corrected chi connectivity index (χ4v) is 1.35. The van der Waals surface area contributed by atoms with Crippen molar-refractivity contribution in [2.45, 2.75) is 60.0 Å². The van der Waals surface area contributed by atoms with Gasteiger partial charge in [0.2, 0.25) is 0 Å². The van der Waals surface area contributed by atoms with Crippen molar-refractivity contribution in [2.24, 2.45) is 11.3 Å². The van der Waals surface area contributed by atoms with E-state index in [4.69, 9.17) is 0 Å². The second-order valence-corrected chi connectivity index (χ2v) is 5.75. The minimum Gasteiger partial charge on any atom is -0.390 e. The van der Waals surface area contributed by atoms with Crippen LogP contribution in [0.15, 0.2) is 12.2 Å². The van der Waals surface area contributed by atoms with Gasteiger partial charge in [-0.1, -0.05) is 32.9 Å². The normalized spacial score (nSPS) is 15.4. The smallest absolute Gasteiger partial charge is 0.0591 e. The molecule has 1 N–H and O–H groups in total. The van der Waals surface area contributed by atoms with Crippen molar-refractivity contribution in [3.05, 3.63) is 12.2 Å². The van der Waals surface area contributed by atoms with Gasteiger partial charge in [-0.2, -0.15) is 0 Å². The number of rotatable bonds is 5. The molecule has 0 spiro atoms. The van der Waals surface area contributed by atoms with Gasteiger partial charge in [0.1, 0.15) is 0 Å². The second-order valence-electron chi connectivity index (χ2n) is 5.75. The van der Waals surface area contributed by atoms with Crippen LogP contribution in [-0.4, -0.2) is 10.7 Å². The highest BCUT2D eigenvalue weighted by molar-refractivity contribution is 5.05. The highest BCUT2D eigenvalue weighted by Gasteiger charge is 2.27. The molecular formula is C13H26O. The Labute approximate surface area is 89.2 Å². The summed E-state index contributed by atoms with van der Waals surface area (Å²) in [6.45, 7) is 16.5. The summed E-state index contributed by atoms with van der Waals surface area (Å²) in [6.07, 6.45) is 1.90. The van der Waals surface area contributed by atoms with Gasteiger partial charge in [0.05, 0.1) is 5.60 Å². The predicted molar refractivity (Wildman–Crippen MR) is 63.3 cm³/mol.